The molecule has 6 heteroatoms. The number of benzene rings is 2. The van der Waals surface area contributed by atoms with Gasteiger partial charge in [0, 0.05) is 6.20 Å². The van der Waals surface area contributed by atoms with Gasteiger partial charge >= 0.3 is 0 Å². The van der Waals surface area contributed by atoms with E-state index in [1.54, 1.807) is 10.7 Å². The largest absolute Gasteiger partial charge is 0.337 e. The Morgan fingerprint density at radius 2 is 1.85 bits per heavy atom. The fraction of sp³-hybridized carbons (Fsp3) is 0.100. The van der Waals surface area contributed by atoms with Gasteiger partial charge in [-0.15, -0.1) is 0 Å². The van der Waals surface area contributed by atoms with Crippen molar-refractivity contribution < 1.29 is 0 Å². The predicted molar refractivity (Wildman–Crippen MR) is 103 cm³/mol. The Morgan fingerprint density at radius 3 is 2.62 bits per heavy atom. The molecule has 0 aliphatic carbocycles. The third kappa shape index (κ3) is 3.03. The highest BCUT2D eigenvalue weighted by molar-refractivity contribution is 6.33. The molecule has 5 nitrogen and oxygen atoms in total. The molecule has 26 heavy (non-hydrogen) atoms. The van der Waals surface area contributed by atoms with Gasteiger partial charge in [0.25, 0.3) is 0 Å². The minimum Gasteiger partial charge on any atom is -0.337 e. The summed E-state index contributed by atoms with van der Waals surface area (Å²) in [5.41, 5.74) is 4.05. The van der Waals surface area contributed by atoms with E-state index in [1.165, 1.54) is 5.56 Å². The monoisotopic (exact) mass is 361 g/mol. The average Bonchev–Trinajstić information content (AvgIpc) is 3.22. The van der Waals surface area contributed by atoms with E-state index in [2.05, 4.69) is 33.6 Å². The van der Waals surface area contributed by atoms with Crippen molar-refractivity contribution in [3.05, 3.63) is 82.6 Å². The summed E-state index contributed by atoms with van der Waals surface area (Å²) in [4.78, 5) is 4.69. The molecule has 0 fully saturated rings. The SMILES string of the molecule is N#Cc1c[nH]n2c(Nc3ccccc3Cl)c(CCc3ccccc3)nc12. The van der Waals surface area contributed by atoms with Crippen molar-refractivity contribution in [2.24, 2.45) is 0 Å². The number of para-hydroxylation sites is 1. The molecule has 0 spiro atoms. The molecule has 0 saturated heterocycles. The minimum absolute atomic E-state index is 0.512. The molecule has 0 radical (unpaired) electrons. The number of halogens is 1. The van der Waals surface area contributed by atoms with Crippen LogP contribution in [0.4, 0.5) is 11.5 Å². The molecule has 0 unspecified atom stereocenters. The predicted octanol–water partition coefficient (Wildman–Crippen LogP) is 4.72. The summed E-state index contributed by atoms with van der Waals surface area (Å²) in [5.74, 6) is 0.797. The van der Waals surface area contributed by atoms with E-state index < -0.39 is 0 Å². The first-order valence-corrected chi connectivity index (χ1v) is 8.68. The number of aryl methyl sites for hydroxylation is 2. The van der Waals surface area contributed by atoms with Crippen molar-refractivity contribution in [2.75, 3.05) is 5.32 Å². The number of imidazole rings is 1. The van der Waals surface area contributed by atoms with Crippen molar-refractivity contribution in [1.82, 2.24) is 14.6 Å². The molecule has 2 heterocycles. The molecule has 0 amide bonds. The summed E-state index contributed by atoms with van der Waals surface area (Å²) in [6.45, 7) is 0. The summed E-state index contributed by atoms with van der Waals surface area (Å²) in [6, 6.07) is 20.0. The zero-order valence-electron chi connectivity index (χ0n) is 13.9. The van der Waals surface area contributed by atoms with E-state index in [0.717, 1.165) is 30.0 Å². The van der Waals surface area contributed by atoms with E-state index >= 15 is 0 Å². The topological polar surface area (TPSA) is 68.9 Å². The molecule has 128 valence electrons. The van der Waals surface area contributed by atoms with Crippen molar-refractivity contribution in [2.45, 2.75) is 12.8 Å². The Labute approximate surface area is 155 Å². The number of anilines is 2. The van der Waals surface area contributed by atoms with Crippen LogP contribution in [0.1, 0.15) is 16.8 Å². The number of nitrogens with one attached hydrogen (secondary N) is 2. The standard InChI is InChI=1S/C20H16ClN5/c21-16-8-4-5-9-17(16)24-20-18(11-10-14-6-2-1-3-7-14)25-19-15(12-22)13-23-26(19)20/h1-9,13,23-24H,10-11H2. The summed E-state index contributed by atoms with van der Waals surface area (Å²) < 4.78 is 1.79. The third-order valence-corrected chi connectivity index (χ3v) is 4.60. The molecule has 0 aliphatic heterocycles. The van der Waals surface area contributed by atoms with E-state index in [-0.39, 0.29) is 0 Å². The summed E-state index contributed by atoms with van der Waals surface area (Å²) in [7, 11) is 0. The van der Waals surface area contributed by atoms with Gasteiger partial charge in [-0.3, -0.25) is 5.10 Å². The second-order valence-electron chi connectivity index (χ2n) is 5.96. The average molecular weight is 362 g/mol. The van der Waals surface area contributed by atoms with Gasteiger partial charge in [-0.1, -0.05) is 54.1 Å². The first-order chi connectivity index (χ1) is 12.8. The summed E-state index contributed by atoms with van der Waals surface area (Å²) in [6.07, 6.45) is 3.26. The van der Waals surface area contributed by atoms with Crippen LogP contribution >= 0.6 is 11.6 Å². The van der Waals surface area contributed by atoms with Gasteiger partial charge in [-0.25, -0.2) is 9.50 Å². The van der Waals surface area contributed by atoms with Gasteiger partial charge in [0.1, 0.15) is 11.6 Å². The highest BCUT2D eigenvalue weighted by Gasteiger charge is 2.17. The lowest BCUT2D eigenvalue weighted by Crippen LogP contribution is -2.01. The fourth-order valence-electron chi connectivity index (χ4n) is 2.95. The molecule has 4 aromatic rings. The van der Waals surface area contributed by atoms with Crippen LogP contribution < -0.4 is 5.32 Å². The van der Waals surface area contributed by atoms with Gasteiger partial charge in [-0.05, 0) is 30.5 Å². The van der Waals surface area contributed by atoms with Gasteiger partial charge in [-0.2, -0.15) is 5.26 Å². The molecule has 2 N–H and O–H groups in total. The minimum atomic E-state index is 0.512. The number of hydrogen-bond acceptors (Lipinski definition) is 3. The molecule has 0 bridgehead atoms. The first-order valence-electron chi connectivity index (χ1n) is 8.30. The molecular formula is C20H16ClN5. The second kappa shape index (κ2) is 6.95. The van der Waals surface area contributed by atoms with Crippen LogP contribution in [-0.2, 0) is 12.8 Å². The van der Waals surface area contributed by atoms with E-state index in [9.17, 15) is 5.26 Å². The fourth-order valence-corrected chi connectivity index (χ4v) is 3.13. The van der Waals surface area contributed by atoms with Gasteiger partial charge in [0.05, 0.1) is 16.4 Å². The van der Waals surface area contributed by atoms with Gasteiger partial charge in [0.15, 0.2) is 11.5 Å². The van der Waals surface area contributed by atoms with Crippen LogP contribution in [0.15, 0.2) is 60.8 Å². The van der Waals surface area contributed by atoms with E-state index in [0.29, 0.717) is 16.2 Å². The quantitative estimate of drug-likeness (QED) is 0.540. The maximum atomic E-state index is 9.30. The molecular weight excluding hydrogens is 346 g/mol. The Bertz CT molecular complexity index is 1090. The van der Waals surface area contributed by atoms with Crippen LogP contribution in [0.2, 0.25) is 5.02 Å². The van der Waals surface area contributed by atoms with Gasteiger partial charge in [0.2, 0.25) is 0 Å². The zero-order chi connectivity index (χ0) is 17.9. The summed E-state index contributed by atoms with van der Waals surface area (Å²) in [5, 5.41) is 16.4. The Kier molecular flexibility index (Phi) is 4.34. The van der Waals surface area contributed by atoms with Crippen LogP contribution in [-0.4, -0.2) is 14.6 Å². The van der Waals surface area contributed by atoms with E-state index in [4.69, 9.17) is 11.6 Å². The lowest BCUT2D eigenvalue weighted by Gasteiger charge is -2.09. The molecule has 0 atom stereocenters. The smallest absolute Gasteiger partial charge is 0.173 e. The van der Waals surface area contributed by atoms with Crippen LogP contribution in [0.5, 0.6) is 0 Å². The number of nitrogens with zero attached hydrogens (tertiary/aromatic N) is 3. The number of rotatable bonds is 5. The van der Waals surface area contributed by atoms with Crippen LogP contribution in [0.3, 0.4) is 0 Å². The Balaban J connectivity index is 1.72. The number of aromatic nitrogens is 3. The highest BCUT2D eigenvalue weighted by Crippen LogP contribution is 2.29. The van der Waals surface area contributed by atoms with Crippen molar-refractivity contribution in [1.29, 1.82) is 5.26 Å². The van der Waals surface area contributed by atoms with Gasteiger partial charge < -0.3 is 5.32 Å². The van der Waals surface area contributed by atoms with Crippen molar-refractivity contribution in [3.63, 3.8) is 0 Å². The van der Waals surface area contributed by atoms with Crippen molar-refractivity contribution >= 4 is 28.8 Å². The molecule has 0 saturated carbocycles. The number of aromatic amines is 1. The normalized spacial score (nSPS) is 10.8. The number of H-pyrrole nitrogens is 1. The Hall–Kier alpha value is -3.23. The molecule has 2 aromatic heterocycles. The first kappa shape index (κ1) is 16.2. The number of nitriles is 1. The Morgan fingerprint density at radius 1 is 1.08 bits per heavy atom. The number of hydrogen-bond donors (Lipinski definition) is 2. The highest BCUT2D eigenvalue weighted by atomic mass is 35.5. The van der Waals surface area contributed by atoms with Crippen LogP contribution in [0.25, 0.3) is 5.65 Å². The van der Waals surface area contributed by atoms with E-state index in [1.807, 2.05) is 42.5 Å². The maximum Gasteiger partial charge on any atom is 0.173 e. The second-order valence-corrected chi connectivity index (χ2v) is 6.36. The van der Waals surface area contributed by atoms with Crippen LogP contribution in [0, 0.1) is 11.3 Å². The zero-order valence-corrected chi connectivity index (χ0v) is 14.7. The molecule has 2 aromatic carbocycles. The van der Waals surface area contributed by atoms with Crippen molar-refractivity contribution in [3.8, 4) is 6.07 Å². The lowest BCUT2D eigenvalue weighted by atomic mass is 10.1. The lowest BCUT2D eigenvalue weighted by molar-refractivity contribution is 0.919. The molecule has 0 aliphatic rings. The molecule has 4 rings (SSSR count). The third-order valence-electron chi connectivity index (χ3n) is 4.27. The maximum absolute atomic E-state index is 9.30. The summed E-state index contributed by atoms with van der Waals surface area (Å²) >= 11 is 6.30. The number of fused-ring (bicyclic) bond motifs is 1.